The van der Waals surface area contributed by atoms with Crippen molar-refractivity contribution in [2.75, 3.05) is 13.2 Å². The molecule has 0 fully saturated rings. The third-order valence-corrected chi connectivity index (χ3v) is 4.10. The van der Waals surface area contributed by atoms with E-state index in [0.29, 0.717) is 13.0 Å². The highest BCUT2D eigenvalue weighted by atomic mass is 16.3. The van der Waals surface area contributed by atoms with Crippen LogP contribution in [0.3, 0.4) is 0 Å². The van der Waals surface area contributed by atoms with Gasteiger partial charge in [0.1, 0.15) is 0 Å². The van der Waals surface area contributed by atoms with Gasteiger partial charge in [0.25, 0.3) is 0 Å². The number of aliphatic hydroxyl groups excluding tert-OH is 1. The van der Waals surface area contributed by atoms with Gasteiger partial charge in [-0.3, -0.25) is 9.78 Å². The number of rotatable bonds is 7. The van der Waals surface area contributed by atoms with Gasteiger partial charge in [-0.1, -0.05) is 36.4 Å². The first-order chi connectivity index (χ1) is 11.0. The van der Waals surface area contributed by atoms with E-state index in [1.165, 1.54) is 0 Å². The van der Waals surface area contributed by atoms with Gasteiger partial charge in [0.15, 0.2) is 0 Å². The molecule has 2 aromatic rings. The van der Waals surface area contributed by atoms with E-state index in [2.05, 4.69) is 10.3 Å². The summed E-state index contributed by atoms with van der Waals surface area (Å²) in [7, 11) is 0. The first-order valence-corrected chi connectivity index (χ1v) is 7.88. The number of nitrogens with one attached hydrogen (secondary N) is 1. The molecule has 0 aliphatic rings. The van der Waals surface area contributed by atoms with Crippen LogP contribution in [0.2, 0.25) is 0 Å². The molecule has 1 aromatic carbocycles. The minimum Gasteiger partial charge on any atom is -0.396 e. The number of hydrogen-bond donors (Lipinski definition) is 2. The van der Waals surface area contributed by atoms with Crippen LogP contribution in [0.15, 0.2) is 54.7 Å². The molecule has 0 aliphatic carbocycles. The van der Waals surface area contributed by atoms with Crippen LogP contribution in [-0.2, 0) is 16.6 Å². The van der Waals surface area contributed by atoms with Crippen LogP contribution in [0, 0.1) is 5.92 Å². The van der Waals surface area contributed by atoms with Crippen molar-refractivity contribution in [3.05, 3.63) is 66.0 Å². The summed E-state index contributed by atoms with van der Waals surface area (Å²) in [5.74, 6) is -0.0800. The monoisotopic (exact) mass is 312 g/mol. The van der Waals surface area contributed by atoms with E-state index in [1.807, 2.05) is 62.4 Å². The van der Waals surface area contributed by atoms with Crippen LogP contribution in [-0.4, -0.2) is 29.1 Å². The van der Waals surface area contributed by atoms with Gasteiger partial charge in [-0.05, 0) is 38.0 Å². The topological polar surface area (TPSA) is 62.2 Å². The lowest BCUT2D eigenvalue weighted by molar-refractivity contribution is -0.125. The van der Waals surface area contributed by atoms with Crippen LogP contribution in [0.1, 0.15) is 25.1 Å². The third-order valence-electron chi connectivity index (χ3n) is 4.10. The maximum absolute atomic E-state index is 12.5. The zero-order valence-corrected chi connectivity index (χ0v) is 13.7. The number of amides is 1. The Balaban J connectivity index is 1.94. The molecule has 0 radical (unpaired) electrons. The molecule has 0 saturated heterocycles. The number of benzene rings is 1. The van der Waals surface area contributed by atoms with E-state index in [4.69, 9.17) is 0 Å². The van der Waals surface area contributed by atoms with Crippen molar-refractivity contribution in [3.63, 3.8) is 0 Å². The fourth-order valence-electron chi connectivity index (χ4n) is 2.46. The predicted octanol–water partition coefficient (Wildman–Crippen LogP) is 2.33. The third kappa shape index (κ3) is 4.63. The maximum atomic E-state index is 12.5. The minimum absolute atomic E-state index is 0.0165. The van der Waals surface area contributed by atoms with Gasteiger partial charge in [-0.25, -0.2) is 0 Å². The molecule has 4 heteroatoms. The second kappa shape index (κ2) is 7.88. The zero-order chi connectivity index (χ0) is 16.7. The lowest BCUT2D eigenvalue weighted by atomic mass is 9.83. The number of pyridine rings is 1. The molecule has 2 N–H and O–H groups in total. The van der Waals surface area contributed by atoms with Gasteiger partial charge < -0.3 is 10.4 Å². The molecule has 0 saturated carbocycles. The highest BCUT2D eigenvalue weighted by Crippen LogP contribution is 2.23. The Kier molecular flexibility index (Phi) is 5.88. The predicted molar refractivity (Wildman–Crippen MR) is 91.0 cm³/mol. The van der Waals surface area contributed by atoms with Gasteiger partial charge >= 0.3 is 0 Å². The van der Waals surface area contributed by atoms with Crippen LogP contribution in [0.5, 0.6) is 0 Å². The Morgan fingerprint density at radius 1 is 1.17 bits per heavy atom. The number of carbonyl (C=O) groups is 1. The molecule has 0 spiro atoms. The van der Waals surface area contributed by atoms with Gasteiger partial charge in [0, 0.05) is 31.0 Å². The molecule has 23 heavy (non-hydrogen) atoms. The quantitative estimate of drug-likeness (QED) is 0.825. The van der Waals surface area contributed by atoms with Crippen LogP contribution < -0.4 is 5.32 Å². The van der Waals surface area contributed by atoms with Crippen molar-refractivity contribution in [3.8, 4) is 0 Å². The summed E-state index contributed by atoms with van der Waals surface area (Å²) in [4.78, 5) is 16.8. The van der Waals surface area contributed by atoms with E-state index in [0.717, 1.165) is 11.3 Å². The molecule has 1 amide bonds. The summed E-state index contributed by atoms with van der Waals surface area (Å²) in [6.07, 6.45) is 2.38. The number of carbonyl (C=O) groups excluding carboxylic acids is 1. The Hall–Kier alpha value is -2.20. The Morgan fingerprint density at radius 3 is 2.48 bits per heavy atom. The Labute approximate surface area is 137 Å². The van der Waals surface area contributed by atoms with Gasteiger partial charge in [0.2, 0.25) is 5.91 Å². The molecular weight excluding hydrogens is 288 g/mol. The molecule has 0 bridgehead atoms. The van der Waals surface area contributed by atoms with E-state index < -0.39 is 5.41 Å². The van der Waals surface area contributed by atoms with Gasteiger partial charge in [0.05, 0.1) is 5.41 Å². The number of aromatic nitrogens is 1. The first-order valence-electron chi connectivity index (χ1n) is 7.88. The summed E-state index contributed by atoms with van der Waals surface area (Å²) in [6, 6.07) is 15.4. The fraction of sp³-hybridized carbons (Fsp3) is 0.368. The fourth-order valence-corrected chi connectivity index (χ4v) is 2.46. The number of aliphatic hydroxyl groups is 1. The molecule has 1 unspecified atom stereocenters. The summed E-state index contributed by atoms with van der Waals surface area (Å²) in [5, 5.41) is 12.5. The number of hydrogen-bond acceptors (Lipinski definition) is 3. The lowest BCUT2D eigenvalue weighted by Crippen LogP contribution is -2.42. The van der Waals surface area contributed by atoms with Crippen molar-refractivity contribution >= 4 is 5.91 Å². The van der Waals surface area contributed by atoms with E-state index >= 15 is 0 Å². The summed E-state index contributed by atoms with van der Waals surface area (Å²) in [5.41, 5.74) is 1.29. The highest BCUT2D eigenvalue weighted by molar-refractivity contribution is 5.87. The van der Waals surface area contributed by atoms with Crippen molar-refractivity contribution in [2.24, 2.45) is 5.92 Å². The maximum Gasteiger partial charge on any atom is 0.230 e. The molecule has 1 heterocycles. The Bertz CT molecular complexity index is 612. The summed E-state index contributed by atoms with van der Waals surface area (Å²) < 4.78 is 0. The van der Waals surface area contributed by atoms with Crippen LogP contribution in [0.4, 0.5) is 0 Å². The molecule has 1 aromatic heterocycles. The van der Waals surface area contributed by atoms with Crippen LogP contribution >= 0.6 is 0 Å². The van der Waals surface area contributed by atoms with E-state index in [9.17, 15) is 9.90 Å². The SMILES string of the molecule is CC(C)(C(=O)NCC(CO)Cc1ccccn1)c1ccccc1. The van der Waals surface area contributed by atoms with Crippen LogP contribution in [0.25, 0.3) is 0 Å². The lowest BCUT2D eigenvalue weighted by Gasteiger charge is -2.25. The van der Waals surface area contributed by atoms with E-state index in [1.54, 1.807) is 6.20 Å². The first kappa shape index (κ1) is 17.2. The highest BCUT2D eigenvalue weighted by Gasteiger charge is 2.29. The molecule has 4 nitrogen and oxygen atoms in total. The molecule has 2 rings (SSSR count). The molecular formula is C19H24N2O2. The normalized spacial score (nSPS) is 12.7. The van der Waals surface area contributed by atoms with Crippen molar-refractivity contribution in [2.45, 2.75) is 25.7 Å². The smallest absolute Gasteiger partial charge is 0.230 e. The zero-order valence-electron chi connectivity index (χ0n) is 13.7. The molecule has 122 valence electrons. The minimum atomic E-state index is -0.605. The van der Waals surface area contributed by atoms with Gasteiger partial charge in [-0.2, -0.15) is 0 Å². The average Bonchev–Trinajstić information content (AvgIpc) is 2.59. The summed E-state index contributed by atoms with van der Waals surface area (Å²) >= 11 is 0. The largest absolute Gasteiger partial charge is 0.396 e. The number of nitrogens with zero attached hydrogens (tertiary/aromatic N) is 1. The van der Waals surface area contributed by atoms with Gasteiger partial charge in [-0.15, -0.1) is 0 Å². The molecule has 0 aliphatic heterocycles. The van der Waals surface area contributed by atoms with Crippen molar-refractivity contribution in [1.29, 1.82) is 0 Å². The standard InChI is InChI=1S/C19H24N2O2/c1-19(2,16-8-4-3-5-9-16)18(23)21-13-15(14-22)12-17-10-6-7-11-20-17/h3-11,15,22H,12-14H2,1-2H3,(H,21,23). The summed E-state index contributed by atoms with van der Waals surface area (Å²) in [6.45, 7) is 4.26. The second-order valence-electron chi connectivity index (χ2n) is 6.27. The van der Waals surface area contributed by atoms with Crippen molar-refractivity contribution in [1.82, 2.24) is 10.3 Å². The molecule has 1 atom stereocenters. The van der Waals surface area contributed by atoms with Crippen molar-refractivity contribution < 1.29 is 9.90 Å². The van der Waals surface area contributed by atoms with E-state index in [-0.39, 0.29) is 18.4 Å². The second-order valence-corrected chi connectivity index (χ2v) is 6.27. The average molecular weight is 312 g/mol. The Morgan fingerprint density at radius 2 is 1.87 bits per heavy atom.